The van der Waals surface area contributed by atoms with Crippen molar-refractivity contribution in [1.29, 1.82) is 0 Å². The Morgan fingerprint density at radius 1 is 1.14 bits per heavy atom. The van der Waals surface area contributed by atoms with E-state index >= 15 is 0 Å². The van der Waals surface area contributed by atoms with Crippen molar-refractivity contribution in [2.45, 2.75) is 39.3 Å². The third-order valence-electron chi connectivity index (χ3n) is 5.44. The number of nitrogens with zero attached hydrogens (tertiary/aromatic N) is 3. The SMILES string of the molecule is CC(C)Nc1ncc(CN2CCCC(C(=O)c3ccc4ccccc4c3)C2)cn1. The van der Waals surface area contributed by atoms with E-state index in [9.17, 15) is 4.79 Å². The maximum atomic E-state index is 13.1. The summed E-state index contributed by atoms with van der Waals surface area (Å²) in [7, 11) is 0. The number of carbonyl (C=O) groups is 1. The van der Waals surface area contributed by atoms with Gasteiger partial charge in [0.05, 0.1) is 0 Å². The van der Waals surface area contributed by atoms with Gasteiger partial charge in [0.15, 0.2) is 5.78 Å². The lowest BCUT2D eigenvalue weighted by Crippen LogP contribution is -2.38. The Kier molecular flexibility index (Phi) is 5.86. The molecule has 5 nitrogen and oxygen atoms in total. The molecule has 29 heavy (non-hydrogen) atoms. The van der Waals surface area contributed by atoms with E-state index in [2.05, 4.69) is 46.2 Å². The fraction of sp³-hybridized carbons (Fsp3) is 0.375. The van der Waals surface area contributed by atoms with Crippen LogP contribution >= 0.6 is 0 Å². The van der Waals surface area contributed by atoms with E-state index in [1.54, 1.807) is 0 Å². The molecule has 1 aromatic heterocycles. The normalized spacial score (nSPS) is 17.6. The molecule has 0 bridgehead atoms. The molecule has 1 fully saturated rings. The van der Waals surface area contributed by atoms with Crippen molar-refractivity contribution in [3.05, 3.63) is 66.0 Å². The number of likely N-dealkylation sites (tertiary alicyclic amines) is 1. The molecular weight excluding hydrogens is 360 g/mol. The molecular formula is C24H28N4O. The number of aromatic nitrogens is 2. The first-order chi connectivity index (χ1) is 14.1. The topological polar surface area (TPSA) is 58.1 Å². The molecule has 150 valence electrons. The fourth-order valence-corrected chi connectivity index (χ4v) is 4.02. The monoisotopic (exact) mass is 388 g/mol. The Labute approximate surface area is 172 Å². The van der Waals surface area contributed by atoms with E-state index in [-0.39, 0.29) is 11.7 Å². The van der Waals surface area contributed by atoms with Gasteiger partial charge in [-0.05, 0) is 50.1 Å². The van der Waals surface area contributed by atoms with E-state index < -0.39 is 0 Å². The molecule has 1 saturated heterocycles. The second-order valence-electron chi connectivity index (χ2n) is 8.21. The molecule has 1 aliphatic rings. The van der Waals surface area contributed by atoms with Gasteiger partial charge in [0.1, 0.15) is 0 Å². The minimum Gasteiger partial charge on any atom is -0.352 e. The lowest BCUT2D eigenvalue weighted by Gasteiger charge is -2.32. The summed E-state index contributed by atoms with van der Waals surface area (Å²) in [6, 6.07) is 14.6. The number of Topliss-reactive ketones (excluding diaryl/α,β-unsaturated/α-hetero) is 1. The van der Waals surface area contributed by atoms with Crippen LogP contribution < -0.4 is 5.32 Å². The van der Waals surface area contributed by atoms with Crippen LogP contribution in [0.1, 0.15) is 42.6 Å². The number of anilines is 1. The molecule has 0 radical (unpaired) electrons. The number of hydrogen-bond acceptors (Lipinski definition) is 5. The van der Waals surface area contributed by atoms with Crippen molar-refractivity contribution in [3.8, 4) is 0 Å². The molecule has 4 rings (SSSR count). The molecule has 1 N–H and O–H groups in total. The molecule has 0 saturated carbocycles. The number of hydrogen-bond donors (Lipinski definition) is 1. The number of ketones is 1. The highest BCUT2D eigenvalue weighted by atomic mass is 16.1. The second kappa shape index (κ2) is 8.70. The predicted octanol–water partition coefficient (Wildman–Crippen LogP) is 4.55. The van der Waals surface area contributed by atoms with Crippen molar-refractivity contribution in [3.63, 3.8) is 0 Å². The summed E-state index contributed by atoms with van der Waals surface area (Å²) in [6.45, 7) is 6.71. The Balaban J connectivity index is 1.41. The zero-order valence-corrected chi connectivity index (χ0v) is 17.1. The largest absolute Gasteiger partial charge is 0.352 e. The molecule has 5 heteroatoms. The summed E-state index contributed by atoms with van der Waals surface area (Å²) in [6.07, 6.45) is 5.76. The van der Waals surface area contributed by atoms with Gasteiger partial charge in [0, 0.05) is 48.6 Å². The van der Waals surface area contributed by atoms with Crippen LogP contribution in [0.2, 0.25) is 0 Å². The minimum atomic E-state index is 0.0488. The van der Waals surface area contributed by atoms with Gasteiger partial charge in [-0.2, -0.15) is 0 Å². The average molecular weight is 389 g/mol. The van der Waals surface area contributed by atoms with E-state index in [1.165, 1.54) is 5.39 Å². The van der Waals surface area contributed by atoms with Gasteiger partial charge in [-0.1, -0.05) is 36.4 Å². The zero-order valence-electron chi connectivity index (χ0n) is 17.1. The molecule has 0 amide bonds. The number of rotatable bonds is 6. The summed E-state index contributed by atoms with van der Waals surface area (Å²) in [5.74, 6) is 0.965. The third-order valence-corrected chi connectivity index (χ3v) is 5.44. The van der Waals surface area contributed by atoms with E-state index in [0.717, 1.165) is 49.0 Å². The van der Waals surface area contributed by atoms with Gasteiger partial charge in [0.2, 0.25) is 5.95 Å². The lowest BCUT2D eigenvalue weighted by molar-refractivity contribution is 0.0811. The predicted molar refractivity (Wildman–Crippen MR) is 117 cm³/mol. The maximum absolute atomic E-state index is 13.1. The van der Waals surface area contributed by atoms with Gasteiger partial charge in [-0.25, -0.2) is 9.97 Å². The van der Waals surface area contributed by atoms with Gasteiger partial charge in [-0.15, -0.1) is 0 Å². The van der Waals surface area contributed by atoms with Crippen molar-refractivity contribution in [2.75, 3.05) is 18.4 Å². The highest BCUT2D eigenvalue weighted by Gasteiger charge is 2.26. The molecule has 0 spiro atoms. The van der Waals surface area contributed by atoms with Gasteiger partial charge >= 0.3 is 0 Å². The third kappa shape index (κ3) is 4.80. The van der Waals surface area contributed by atoms with Crippen molar-refractivity contribution < 1.29 is 4.79 Å². The fourth-order valence-electron chi connectivity index (χ4n) is 4.02. The van der Waals surface area contributed by atoms with Gasteiger partial charge in [0.25, 0.3) is 0 Å². The molecule has 1 unspecified atom stereocenters. The highest BCUT2D eigenvalue weighted by molar-refractivity contribution is 6.01. The highest BCUT2D eigenvalue weighted by Crippen LogP contribution is 2.24. The Morgan fingerprint density at radius 3 is 2.66 bits per heavy atom. The summed E-state index contributed by atoms with van der Waals surface area (Å²) >= 11 is 0. The quantitative estimate of drug-likeness (QED) is 0.628. The maximum Gasteiger partial charge on any atom is 0.222 e. The molecule has 2 heterocycles. The van der Waals surface area contributed by atoms with Crippen LogP contribution in [-0.2, 0) is 6.54 Å². The van der Waals surface area contributed by atoms with Crippen LogP contribution in [0.5, 0.6) is 0 Å². The Bertz CT molecular complexity index is 984. The van der Waals surface area contributed by atoms with Crippen LogP contribution in [0.3, 0.4) is 0 Å². The zero-order chi connectivity index (χ0) is 20.2. The molecule has 0 aliphatic carbocycles. The minimum absolute atomic E-state index is 0.0488. The van der Waals surface area contributed by atoms with Crippen LogP contribution in [-0.4, -0.2) is 39.8 Å². The number of fused-ring (bicyclic) bond motifs is 1. The van der Waals surface area contributed by atoms with Crippen molar-refractivity contribution >= 4 is 22.5 Å². The molecule has 1 aliphatic heterocycles. The molecule has 2 aromatic carbocycles. The molecule has 1 atom stereocenters. The number of carbonyl (C=O) groups excluding carboxylic acids is 1. The number of piperidine rings is 1. The molecule has 3 aromatic rings. The second-order valence-corrected chi connectivity index (χ2v) is 8.21. The number of benzene rings is 2. The van der Waals surface area contributed by atoms with Crippen LogP contribution in [0, 0.1) is 5.92 Å². The first-order valence-electron chi connectivity index (χ1n) is 10.4. The van der Waals surface area contributed by atoms with E-state index in [1.807, 2.05) is 42.7 Å². The average Bonchev–Trinajstić information content (AvgIpc) is 2.74. The first-order valence-corrected chi connectivity index (χ1v) is 10.4. The summed E-state index contributed by atoms with van der Waals surface area (Å²) in [4.78, 5) is 24.3. The Hall–Kier alpha value is -2.79. The van der Waals surface area contributed by atoms with E-state index in [0.29, 0.717) is 12.0 Å². The summed E-state index contributed by atoms with van der Waals surface area (Å²) < 4.78 is 0. The van der Waals surface area contributed by atoms with Gasteiger partial charge in [-0.3, -0.25) is 9.69 Å². The van der Waals surface area contributed by atoms with Gasteiger partial charge < -0.3 is 5.32 Å². The Morgan fingerprint density at radius 2 is 1.90 bits per heavy atom. The van der Waals surface area contributed by atoms with Crippen LogP contribution in [0.15, 0.2) is 54.9 Å². The van der Waals surface area contributed by atoms with Crippen molar-refractivity contribution in [2.24, 2.45) is 5.92 Å². The van der Waals surface area contributed by atoms with Crippen molar-refractivity contribution in [1.82, 2.24) is 14.9 Å². The van der Waals surface area contributed by atoms with E-state index in [4.69, 9.17) is 0 Å². The lowest BCUT2D eigenvalue weighted by atomic mass is 9.89. The summed E-state index contributed by atoms with van der Waals surface area (Å²) in [5.41, 5.74) is 1.90. The van der Waals surface area contributed by atoms with Crippen LogP contribution in [0.4, 0.5) is 5.95 Å². The number of nitrogens with one attached hydrogen (secondary N) is 1. The van der Waals surface area contributed by atoms with Crippen LogP contribution in [0.25, 0.3) is 10.8 Å². The smallest absolute Gasteiger partial charge is 0.222 e. The standard InChI is InChI=1S/C24H28N4O/c1-17(2)27-24-25-13-18(14-26-24)15-28-11-5-8-22(16-28)23(29)21-10-9-19-6-3-4-7-20(19)12-21/h3-4,6-7,9-10,12-14,17,22H,5,8,11,15-16H2,1-2H3,(H,25,26,27). The first kappa shape index (κ1) is 19.5. The summed E-state index contributed by atoms with van der Waals surface area (Å²) in [5, 5.41) is 5.50.